The third-order valence-electron chi connectivity index (χ3n) is 10.3. The Bertz CT molecular complexity index is 2240. The average Bonchev–Trinajstić information content (AvgIpc) is 3.51. The molecule has 0 radical (unpaired) electrons. The molecule has 1 heterocycles. The van der Waals surface area contributed by atoms with Crippen molar-refractivity contribution in [1.82, 2.24) is 19.9 Å². The molecule has 0 aliphatic heterocycles. The number of fused-ring (bicyclic) bond motifs is 2. The summed E-state index contributed by atoms with van der Waals surface area (Å²) in [5.41, 5.74) is 10.2. The van der Waals surface area contributed by atoms with E-state index in [-0.39, 0.29) is 54.0 Å². The van der Waals surface area contributed by atoms with Crippen LogP contribution in [0.2, 0.25) is 0 Å². The van der Waals surface area contributed by atoms with E-state index in [9.17, 15) is 22.8 Å². The van der Waals surface area contributed by atoms with E-state index in [0.29, 0.717) is 48.0 Å². The largest absolute Gasteiger partial charge is 0.359 e. The van der Waals surface area contributed by atoms with Gasteiger partial charge in [-0.25, -0.2) is 12.4 Å². The fourth-order valence-corrected chi connectivity index (χ4v) is 9.53. The van der Waals surface area contributed by atoms with Crippen LogP contribution < -0.4 is 21.7 Å². The molecule has 0 fully saturated rings. The van der Waals surface area contributed by atoms with Gasteiger partial charge in [0.2, 0.25) is 17.7 Å². The smallest absolute Gasteiger partial charge is 0.268 e. The first-order valence-corrected chi connectivity index (χ1v) is 20.6. The molecule has 3 atom stereocenters. The first kappa shape index (κ1) is 41.2. The highest BCUT2D eigenvalue weighted by atomic mass is 32.2. The van der Waals surface area contributed by atoms with Gasteiger partial charge in [0.1, 0.15) is 0 Å². The van der Waals surface area contributed by atoms with Crippen LogP contribution in [0.3, 0.4) is 0 Å². The van der Waals surface area contributed by atoms with E-state index >= 15 is 0 Å². The van der Waals surface area contributed by atoms with Crippen LogP contribution in [0.5, 0.6) is 0 Å². The highest BCUT2D eigenvalue weighted by molar-refractivity contribution is 7.90. The van der Waals surface area contributed by atoms with E-state index < -0.39 is 15.9 Å². The monoisotopic (exact) mass is 765 g/mol. The molecule has 0 saturated carbocycles. The van der Waals surface area contributed by atoms with Gasteiger partial charge in [-0.15, -0.1) is 0 Å². The zero-order valence-corrected chi connectivity index (χ0v) is 33.5. The van der Waals surface area contributed by atoms with Gasteiger partial charge in [-0.3, -0.25) is 14.4 Å². The molecule has 0 aliphatic rings. The minimum absolute atomic E-state index is 0.106. The lowest BCUT2D eigenvalue weighted by Gasteiger charge is -2.25. The van der Waals surface area contributed by atoms with Gasteiger partial charge in [0.25, 0.3) is 10.0 Å². The van der Waals surface area contributed by atoms with Gasteiger partial charge in [0.05, 0.1) is 16.8 Å². The van der Waals surface area contributed by atoms with E-state index in [1.165, 1.54) is 3.97 Å². The summed E-state index contributed by atoms with van der Waals surface area (Å²) in [4.78, 5) is 40.1. The minimum atomic E-state index is -4.00. The summed E-state index contributed by atoms with van der Waals surface area (Å²) in [6.45, 7) is 7.98. The Labute approximate surface area is 325 Å². The number of benzene rings is 4. The maximum Gasteiger partial charge on any atom is 0.268 e. The fraction of sp³-hybridized carbons (Fsp3) is 0.386. The van der Waals surface area contributed by atoms with E-state index in [1.807, 2.05) is 100 Å². The van der Waals surface area contributed by atoms with Crippen LogP contribution in [0.25, 0.3) is 21.7 Å². The minimum Gasteiger partial charge on any atom is -0.359 e. The Hall–Kier alpha value is -5.00. The first-order valence-electron chi connectivity index (χ1n) is 19.2. The predicted molar refractivity (Wildman–Crippen MR) is 220 cm³/mol. The van der Waals surface area contributed by atoms with Gasteiger partial charge >= 0.3 is 0 Å². The zero-order valence-electron chi connectivity index (χ0n) is 32.7. The van der Waals surface area contributed by atoms with Gasteiger partial charge in [0.15, 0.2) is 0 Å². The Morgan fingerprint density at radius 3 is 2.22 bits per heavy atom. The fourth-order valence-electron chi connectivity index (χ4n) is 7.72. The lowest BCUT2D eigenvalue weighted by Crippen LogP contribution is -2.43. The SMILES string of the molecule is CNC(=O)CC[C@H](CCCCN)NC(=O)[C@@H](Cc1cn(S(=O)(=O)c2c(C)cc(C)cc2C)c2ccccc12)C[C@H](C)NC(=O)Cc1ccc2ccccc2c1. The van der Waals surface area contributed by atoms with Crippen LogP contribution in [0.15, 0.2) is 90.0 Å². The number of hydrogen-bond donors (Lipinski definition) is 4. The van der Waals surface area contributed by atoms with Crippen molar-refractivity contribution >= 4 is 49.4 Å². The molecule has 55 heavy (non-hydrogen) atoms. The number of nitrogens with zero attached hydrogens (tertiary/aromatic N) is 1. The summed E-state index contributed by atoms with van der Waals surface area (Å²) in [5.74, 6) is -1.10. The molecule has 0 saturated heterocycles. The van der Waals surface area contributed by atoms with Crippen LogP contribution in [0.4, 0.5) is 0 Å². The number of aromatic nitrogens is 1. The number of para-hydroxylation sites is 1. The molecule has 0 bridgehead atoms. The number of carbonyl (C=O) groups is 3. The number of hydrogen-bond acceptors (Lipinski definition) is 6. The molecule has 0 aliphatic carbocycles. The molecule has 11 heteroatoms. The van der Waals surface area contributed by atoms with Crippen LogP contribution in [0.1, 0.15) is 73.3 Å². The van der Waals surface area contributed by atoms with E-state index in [1.54, 1.807) is 19.3 Å². The molecular weight excluding hydrogens is 711 g/mol. The highest BCUT2D eigenvalue weighted by Crippen LogP contribution is 2.32. The van der Waals surface area contributed by atoms with Gasteiger partial charge in [0, 0.05) is 43.1 Å². The quantitative estimate of drug-likeness (QED) is 0.0759. The number of carbonyl (C=O) groups excluding carboxylic acids is 3. The van der Waals surface area contributed by atoms with Crippen molar-refractivity contribution in [2.75, 3.05) is 13.6 Å². The Balaban J connectivity index is 1.44. The van der Waals surface area contributed by atoms with Crippen LogP contribution in [-0.4, -0.2) is 55.8 Å². The molecular formula is C44H55N5O5S. The second kappa shape index (κ2) is 18.6. The third-order valence-corrected chi connectivity index (χ3v) is 12.3. The third kappa shape index (κ3) is 10.4. The summed E-state index contributed by atoms with van der Waals surface area (Å²) >= 11 is 0. The average molecular weight is 766 g/mol. The molecule has 3 amide bonds. The summed E-state index contributed by atoms with van der Waals surface area (Å²) in [6.07, 6.45) is 5.36. The molecule has 5 aromatic rings. The lowest BCUT2D eigenvalue weighted by atomic mass is 9.91. The van der Waals surface area contributed by atoms with E-state index in [0.717, 1.165) is 40.1 Å². The molecule has 1 aromatic heterocycles. The van der Waals surface area contributed by atoms with Crippen molar-refractivity contribution < 1.29 is 22.8 Å². The highest BCUT2D eigenvalue weighted by Gasteiger charge is 2.29. The maximum atomic E-state index is 14.4. The summed E-state index contributed by atoms with van der Waals surface area (Å²) in [7, 11) is -2.41. The van der Waals surface area contributed by atoms with Crippen molar-refractivity contribution in [3.63, 3.8) is 0 Å². The number of nitrogens with two attached hydrogens (primary N) is 1. The molecule has 5 rings (SSSR count). The number of unbranched alkanes of at least 4 members (excludes halogenated alkanes) is 1. The lowest BCUT2D eigenvalue weighted by molar-refractivity contribution is -0.127. The number of aryl methyl sites for hydroxylation is 3. The van der Waals surface area contributed by atoms with Crippen molar-refractivity contribution in [3.8, 4) is 0 Å². The standard InChI is InChI=1S/C44H55N5O5S/c1-29-22-30(2)43(31(3)23-29)55(53,54)49-28-37(39-15-8-9-16-40(39)49)27-36(44(52)48-38(14-10-11-21-45)19-20-41(50)46-5)24-32(4)47-42(51)26-33-17-18-34-12-6-7-13-35(34)25-33/h6-9,12-13,15-18,22-23,25,28,32,36,38H,10-11,14,19-21,24,26-27,45H2,1-5H3,(H,46,50)(H,47,51)(H,48,52)/t32-,36+,38-/m0/s1. The second-order valence-electron chi connectivity index (χ2n) is 14.9. The molecule has 5 N–H and O–H groups in total. The molecule has 10 nitrogen and oxygen atoms in total. The molecule has 4 aromatic carbocycles. The number of nitrogens with one attached hydrogen (secondary N) is 3. The normalized spacial score (nSPS) is 13.3. The van der Waals surface area contributed by atoms with Gasteiger partial charge in [-0.1, -0.05) is 84.8 Å². The molecule has 0 spiro atoms. The zero-order chi connectivity index (χ0) is 39.7. The van der Waals surface area contributed by atoms with E-state index in [4.69, 9.17) is 5.73 Å². The summed E-state index contributed by atoms with van der Waals surface area (Å²) < 4.78 is 30.1. The van der Waals surface area contributed by atoms with Crippen molar-refractivity contribution in [1.29, 1.82) is 0 Å². The van der Waals surface area contributed by atoms with Crippen LogP contribution >= 0.6 is 0 Å². The van der Waals surface area contributed by atoms with Crippen LogP contribution in [-0.2, 0) is 37.2 Å². The first-order chi connectivity index (χ1) is 26.3. The van der Waals surface area contributed by atoms with Gasteiger partial charge in [-0.2, -0.15) is 0 Å². The maximum absolute atomic E-state index is 14.4. The summed E-state index contributed by atoms with van der Waals surface area (Å²) in [5, 5.41) is 11.9. The van der Waals surface area contributed by atoms with Crippen molar-refractivity contribution in [3.05, 3.63) is 113 Å². The Kier molecular flexibility index (Phi) is 13.9. The number of rotatable bonds is 18. The van der Waals surface area contributed by atoms with Crippen LogP contribution in [0, 0.1) is 26.7 Å². The number of amides is 3. The topological polar surface area (TPSA) is 152 Å². The Morgan fingerprint density at radius 2 is 1.51 bits per heavy atom. The van der Waals surface area contributed by atoms with Crippen molar-refractivity contribution in [2.24, 2.45) is 11.7 Å². The van der Waals surface area contributed by atoms with E-state index in [2.05, 4.69) is 16.0 Å². The van der Waals surface area contributed by atoms with Gasteiger partial charge in [-0.05, 0) is 105 Å². The van der Waals surface area contributed by atoms with Crippen molar-refractivity contribution in [2.45, 2.75) is 96.0 Å². The predicted octanol–water partition coefficient (Wildman–Crippen LogP) is 6.39. The Morgan fingerprint density at radius 1 is 0.818 bits per heavy atom. The molecule has 292 valence electrons. The second-order valence-corrected chi connectivity index (χ2v) is 16.6. The molecule has 0 unspecified atom stereocenters. The van der Waals surface area contributed by atoms with Gasteiger partial charge < -0.3 is 21.7 Å². The summed E-state index contributed by atoms with van der Waals surface area (Å²) in [6, 6.07) is 24.4.